The van der Waals surface area contributed by atoms with Crippen LogP contribution in [0, 0.1) is 28.6 Å². The zero-order valence-corrected chi connectivity index (χ0v) is 14.3. The van der Waals surface area contributed by atoms with Crippen LogP contribution in [-0.2, 0) is 0 Å². The van der Waals surface area contributed by atoms with E-state index in [-0.39, 0.29) is 6.04 Å². The van der Waals surface area contributed by atoms with Gasteiger partial charge in [0.05, 0.1) is 42.0 Å². The molecule has 0 radical (unpaired) electrons. The molecule has 3 aromatic heterocycles. The topological polar surface area (TPSA) is 109 Å². The van der Waals surface area contributed by atoms with Crippen LogP contribution in [0.25, 0.3) is 16.6 Å². The summed E-state index contributed by atoms with van der Waals surface area (Å²) in [6, 6.07) is 8.23. The Bertz CT molecular complexity index is 1020. The molecule has 0 amide bonds. The van der Waals surface area contributed by atoms with E-state index in [4.69, 9.17) is 5.73 Å². The summed E-state index contributed by atoms with van der Waals surface area (Å²) >= 11 is 0. The third kappa shape index (κ3) is 2.58. The fraction of sp³-hybridized carbons (Fsp3) is 0.368. The van der Waals surface area contributed by atoms with E-state index in [1.807, 2.05) is 16.9 Å². The van der Waals surface area contributed by atoms with E-state index >= 15 is 0 Å². The molecular formula is C19H19N7. The summed E-state index contributed by atoms with van der Waals surface area (Å²) in [6.07, 6.45) is 10.4. The third-order valence-corrected chi connectivity index (χ3v) is 5.31. The van der Waals surface area contributed by atoms with Crippen LogP contribution in [0.2, 0.25) is 0 Å². The van der Waals surface area contributed by atoms with Crippen LogP contribution in [0.3, 0.4) is 0 Å². The van der Waals surface area contributed by atoms with Crippen molar-refractivity contribution in [2.75, 3.05) is 5.73 Å². The monoisotopic (exact) mass is 345 g/mol. The largest absolute Gasteiger partial charge is 0.384 e. The van der Waals surface area contributed by atoms with Crippen LogP contribution in [-0.4, -0.2) is 19.4 Å². The second-order valence-corrected chi connectivity index (χ2v) is 6.78. The number of nitrogens with two attached hydrogens (primary N) is 1. The highest BCUT2D eigenvalue weighted by Gasteiger charge is 2.27. The molecule has 26 heavy (non-hydrogen) atoms. The summed E-state index contributed by atoms with van der Waals surface area (Å²) in [5, 5.41) is 27.5. The lowest BCUT2D eigenvalue weighted by atomic mass is 9.96. The smallest absolute Gasteiger partial charge is 0.125 e. The van der Waals surface area contributed by atoms with Crippen molar-refractivity contribution in [1.29, 1.82) is 10.5 Å². The fourth-order valence-electron chi connectivity index (χ4n) is 4.03. The molecule has 7 nitrogen and oxygen atoms in total. The number of rotatable bonds is 4. The molecule has 4 rings (SSSR count). The van der Waals surface area contributed by atoms with Crippen molar-refractivity contribution in [1.82, 2.24) is 19.4 Å². The van der Waals surface area contributed by atoms with E-state index in [9.17, 15) is 10.5 Å². The van der Waals surface area contributed by atoms with E-state index in [2.05, 4.69) is 22.3 Å². The molecule has 0 spiro atoms. The Hall–Kier alpha value is -3.32. The van der Waals surface area contributed by atoms with Gasteiger partial charge in [-0.2, -0.15) is 20.7 Å². The predicted octanol–water partition coefficient (Wildman–Crippen LogP) is 3.30. The lowest BCUT2D eigenvalue weighted by Gasteiger charge is -2.21. The average Bonchev–Trinajstić information content (AvgIpc) is 3.40. The number of nitrogens with zero attached hydrogens (tertiary/aromatic N) is 6. The molecule has 3 aromatic rings. The molecule has 1 unspecified atom stereocenters. The van der Waals surface area contributed by atoms with Gasteiger partial charge >= 0.3 is 0 Å². The number of fused-ring (bicyclic) bond motifs is 1. The summed E-state index contributed by atoms with van der Waals surface area (Å²) in [7, 11) is 0. The lowest BCUT2D eigenvalue weighted by molar-refractivity contribution is 0.315. The zero-order valence-electron chi connectivity index (χ0n) is 14.3. The fourth-order valence-corrected chi connectivity index (χ4v) is 4.03. The summed E-state index contributed by atoms with van der Waals surface area (Å²) < 4.78 is 3.52. The molecule has 3 heterocycles. The second-order valence-electron chi connectivity index (χ2n) is 6.78. The van der Waals surface area contributed by atoms with Gasteiger partial charge in [-0.15, -0.1) is 0 Å². The van der Waals surface area contributed by atoms with Gasteiger partial charge in [-0.3, -0.25) is 4.68 Å². The first-order valence-corrected chi connectivity index (χ1v) is 8.80. The molecule has 0 bridgehead atoms. The SMILES string of the molecule is N#CCC(C1CCCC1)n1cc(-c2c(C#N)cnn3c(N)ccc23)cn1. The molecule has 1 fully saturated rings. The Balaban J connectivity index is 1.80. The summed E-state index contributed by atoms with van der Waals surface area (Å²) in [4.78, 5) is 0. The minimum atomic E-state index is 0.0801. The molecule has 1 aliphatic rings. The van der Waals surface area contributed by atoms with Crippen molar-refractivity contribution < 1.29 is 0 Å². The number of nitriles is 2. The Morgan fingerprint density at radius 1 is 1.19 bits per heavy atom. The standard InChI is InChI=1S/C19H19N7/c20-8-7-16(13-3-1-2-4-13)25-12-15(11-23-25)19-14(9-21)10-24-26-17(19)5-6-18(26)22/h5-6,10-13,16H,1-4,7,22H2. The van der Waals surface area contributed by atoms with Gasteiger partial charge in [-0.05, 0) is 30.9 Å². The predicted molar refractivity (Wildman–Crippen MR) is 96.8 cm³/mol. The molecule has 7 heteroatoms. The van der Waals surface area contributed by atoms with Gasteiger partial charge in [-0.25, -0.2) is 4.52 Å². The lowest BCUT2D eigenvalue weighted by Crippen LogP contribution is -2.17. The number of hydrogen-bond acceptors (Lipinski definition) is 5. The number of nitrogen functional groups attached to an aromatic ring is 1. The molecule has 1 atom stereocenters. The third-order valence-electron chi connectivity index (χ3n) is 5.31. The molecular weight excluding hydrogens is 326 g/mol. The summed E-state index contributed by atoms with van der Waals surface area (Å²) in [5.74, 6) is 1.01. The highest BCUT2D eigenvalue weighted by atomic mass is 15.3. The minimum absolute atomic E-state index is 0.0801. The molecule has 1 saturated carbocycles. The average molecular weight is 345 g/mol. The highest BCUT2D eigenvalue weighted by Crippen LogP contribution is 2.37. The van der Waals surface area contributed by atoms with Gasteiger partial charge in [0.15, 0.2) is 0 Å². The summed E-state index contributed by atoms with van der Waals surface area (Å²) in [6.45, 7) is 0. The first kappa shape index (κ1) is 16.2. The van der Waals surface area contributed by atoms with Gasteiger partial charge in [0.25, 0.3) is 0 Å². The second kappa shape index (κ2) is 6.53. The number of aromatic nitrogens is 4. The van der Waals surface area contributed by atoms with Crippen molar-refractivity contribution in [3.63, 3.8) is 0 Å². The van der Waals surface area contributed by atoms with Gasteiger partial charge in [-0.1, -0.05) is 12.8 Å². The van der Waals surface area contributed by atoms with Crippen LogP contribution >= 0.6 is 0 Å². The summed E-state index contributed by atoms with van der Waals surface area (Å²) in [5.41, 5.74) is 8.82. The Morgan fingerprint density at radius 3 is 2.73 bits per heavy atom. The highest BCUT2D eigenvalue weighted by molar-refractivity contribution is 5.85. The molecule has 2 N–H and O–H groups in total. The van der Waals surface area contributed by atoms with Gasteiger partial charge < -0.3 is 5.73 Å². The van der Waals surface area contributed by atoms with Gasteiger partial charge in [0.1, 0.15) is 11.9 Å². The van der Waals surface area contributed by atoms with Crippen LogP contribution < -0.4 is 5.73 Å². The van der Waals surface area contributed by atoms with Crippen molar-refractivity contribution in [3.05, 3.63) is 36.3 Å². The van der Waals surface area contributed by atoms with Crippen molar-refractivity contribution in [3.8, 4) is 23.3 Å². The Kier molecular flexibility index (Phi) is 4.06. The maximum absolute atomic E-state index is 9.52. The Morgan fingerprint density at radius 2 is 2.00 bits per heavy atom. The van der Waals surface area contributed by atoms with Gasteiger partial charge in [0.2, 0.25) is 0 Å². The van der Waals surface area contributed by atoms with E-state index < -0.39 is 0 Å². The minimum Gasteiger partial charge on any atom is -0.384 e. The van der Waals surface area contributed by atoms with E-state index in [0.29, 0.717) is 23.7 Å². The van der Waals surface area contributed by atoms with E-state index in [1.54, 1.807) is 16.8 Å². The normalized spacial score (nSPS) is 15.8. The van der Waals surface area contributed by atoms with E-state index in [1.165, 1.54) is 19.0 Å². The zero-order chi connectivity index (χ0) is 18.1. The first-order chi connectivity index (χ1) is 12.7. The van der Waals surface area contributed by atoms with Crippen LogP contribution in [0.15, 0.2) is 30.7 Å². The van der Waals surface area contributed by atoms with Crippen molar-refractivity contribution in [2.24, 2.45) is 5.92 Å². The molecule has 130 valence electrons. The van der Waals surface area contributed by atoms with Crippen molar-refractivity contribution >= 4 is 11.3 Å². The molecule has 0 aromatic carbocycles. The maximum atomic E-state index is 9.52. The maximum Gasteiger partial charge on any atom is 0.125 e. The number of anilines is 1. The quantitative estimate of drug-likeness (QED) is 0.780. The molecule has 0 saturated heterocycles. The Labute approximate surface area is 151 Å². The number of hydrogen-bond donors (Lipinski definition) is 1. The first-order valence-electron chi connectivity index (χ1n) is 8.80. The van der Waals surface area contributed by atoms with Crippen LogP contribution in [0.4, 0.5) is 5.82 Å². The van der Waals surface area contributed by atoms with Crippen LogP contribution in [0.1, 0.15) is 43.7 Å². The van der Waals surface area contributed by atoms with Gasteiger partial charge in [0, 0.05) is 17.3 Å². The van der Waals surface area contributed by atoms with Crippen molar-refractivity contribution in [2.45, 2.75) is 38.1 Å². The van der Waals surface area contributed by atoms with E-state index in [0.717, 1.165) is 29.5 Å². The van der Waals surface area contributed by atoms with Crippen LogP contribution in [0.5, 0.6) is 0 Å². The molecule has 1 aliphatic carbocycles. The molecule has 0 aliphatic heterocycles.